The number of likely N-dealkylation sites (tertiary alicyclic amines) is 1. The summed E-state index contributed by atoms with van der Waals surface area (Å²) >= 11 is 1.85. The van der Waals surface area contributed by atoms with Crippen LogP contribution in [0.5, 0.6) is 11.5 Å². The van der Waals surface area contributed by atoms with E-state index < -0.39 is 0 Å². The molecular formula is C23H35IN4O2S. The maximum atomic E-state index is 5.50. The van der Waals surface area contributed by atoms with Crippen molar-refractivity contribution in [3.05, 3.63) is 46.2 Å². The molecule has 1 atom stereocenters. The van der Waals surface area contributed by atoms with Gasteiger partial charge < -0.3 is 20.1 Å². The highest BCUT2D eigenvalue weighted by Crippen LogP contribution is 2.25. The molecule has 0 saturated carbocycles. The van der Waals surface area contributed by atoms with E-state index in [1.54, 1.807) is 14.2 Å². The first-order valence-corrected chi connectivity index (χ1v) is 11.6. The van der Waals surface area contributed by atoms with Crippen LogP contribution in [-0.2, 0) is 13.1 Å². The van der Waals surface area contributed by atoms with Gasteiger partial charge in [-0.25, -0.2) is 4.99 Å². The van der Waals surface area contributed by atoms with Crippen molar-refractivity contribution in [1.82, 2.24) is 15.5 Å². The Morgan fingerprint density at radius 2 is 2.10 bits per heavy atom. The van der Waals surface area contributed by atoms with E-state index in [2.05, 4.69) is 40.0 Å². The van der Waals surface area contributed by atoms with E-state index in [4.69, 9.17) is 14.5 Å². The summed E-state index contributed by atoms with van der Waals surface area (Å²) < 4.78 is 10.8. The molecule has 0 radical (unpaired) electrons. The van der Waals surface area contributed by atoms with E-state index in [0.29, 0.717) is 12.5 Å². The highest BCUT2D eigenvalue weighted by atomic mass is 127. The predicted molar refractivity (Wildman–Crippen MR) is 140 cm³/mol. The summed E-state index contributed by atoms with van der Waals surface area (Å²) in [5.74, 6) is 3.07. The van der Waals surface area contributed by atoms with Crippen molar-refractivity contribution in [2.45, 2.75) is 32.9 Å². The van der Waals surface area contributed by atoms with Gasteiger partial charge in [-0.2, -0.15) is 0 Å². The molecule has 6 nitrogen and oxygen atoms in total. The molecule has 0 bridgehead atoms. The topological polar surface area (TPSA) is 58.1 Å². The van der Waals surface area contributed by atoms with Crippen LogP contribution < -0.4 is 20.1 Å². The Morgan fingerprint density at radius 1 is 1.23 bits per heavy atom. The summed E-state index contributed by atoms with van der Waals surface area (Å²) in [4.78, 5) is 8.80. The van der Waals surface area contributed by atoms with Crippen molar-refractivity contribution in [2.75, 3.05) is 40.4 Å². The monoisotopic (exact) mass is 558 g/mol. The van der Waals surface area contributed by atoms with Gasteiger partial charge in [-0.1, -0.05) is 6.07 Å². The number of thiophene rings is 1. The van der Waals surface area contributed by atoms with E-state index in [1.165, 1.54) is 24.3 Å². The van der Waals surface area contributed by atoms with E-state index in [1.807, 2.05) is 29.5 Å². The quantitative estimate of drug-likeness (QED) is 0.272. The molecule has 2 heterocycles. The van der Waals surface area contributed by atoms with Crippen LogP contribution in [0.1, 0.15) is 30.2 Å². The zero-order chi connectivity index (χ0) is 21.2. The third-order valence-corrected chi connectivity index (χ3v) is 6.23. The summed E-state index contributed by atoms with van der Waals surface area (Å²) in [6.45, 7) is 7.81. The molecule has 1 aliphatic heterocycles. The van der Waals surface area contributed by atoms with Crippen molar-refractivity contribution in [3.8, 4) is 11.5 Å². The Hall–Kier alpha value is -1.52. The number of rotatable bonds is 9. The van der Waals surface area contributed by atoms with Crippen molar-refractivity contribution < 1.29 is 9.47 Å². The van der Waals surface area contributed by atoms with Crippen LogP contribution in [0.25, 0.3) is 0 Å². The minimum atomic E-state index is 0. The molecule has 2 N–H and O–H groups in total. The lowest BCUT2D eigenvalue weighted by molar-refractivity contribution is 0.169. The molecule has 0 aliphatic carbocycles. The maximum absolute atomic E-state index is 5.50. The number of halogens is 1. The van der Waals surface area contributed by atoms with E-state index in [-0.39, 0.29) is 24.0 Å². The average molecular weight is 559 g/mol. The summed E-state index contributed by atoms with van der Waals surface area (Å²) in [6, 6.07) is 10.2. The standard InChI is InChI=1S/C23H34N4O2S.HI/c1-4-24-23(26-15-19-9-10-20(28-2)13-22(19)29-3)25-14-18-7-5-11-27(16-18)17-21-8-6-12-30-21;/h6,8-10,12-13,18H,4-5,7,11,14-17H2,1-3H3,(H2,24,25,26);1H. The largest absolute Gasteiger partial charge is 0.497 e. The number of piperidine rings is 1. The van der Waals surface area contributed by atoms with Gasteiger partial charge in [0.25, 0.3) is 0 Å². The van der Waals surface area contributed by atoms with E-state index in [9.17, 15) is 0 Å². The van der Waals surface area contributed by atoms with Crippen molar-refractivity contribution in [3.63, 3.8) is 0 Å². The lowest BCUT2D eigenvalue weighted by Crippen LogP contribution is -2.44. The first kappa shape index (κ1) is 25.7. The number of aliphatic imine (C=N–C) groups is 1. The third-order valence-electron chi connectivity index (χ3n) is 5.37. The molecule has 1 aromatic heterocycles. The van der Waals surface area contributed by atoms with Gasteiger partial charge in [0.05, 0.1) is 20.8 Å². The van der Waals surface area contributed by atoms with Crippen molar-refractivity contribution in [1.29, 1.82) is 0 Å². The number of hydrogen-bond acceptors (Lipinski definition) is 5. The van der Waals surface area contributed by atoms with Gasteiger partial charge in [0, 0.05) is 42.7 Å². The number of benzene rings is 1. The smallest absolute Gasteiger partial charge is 0.191 e. The fourth-order valence-electron chi connectivity index (χ4n) is 3.81. The molecule has 1 saturated heterocycles. The molecule has 1 aliphatic rings. The fraction of sp³-hybridized carbons (Fsp3) is 0.522. The van der Waals surface area contributed by atoms with Gasteiger partial charge in [-0.05, 0) is 55.8 Å². The molecule has 3 rings (SSSR count). The van der Waals surface area contributed by atoms with Gasteiger partial charge in [-0.15, -0.1) is 35.3 Å². The highest BCUT2D eigenvalue weighted by molar-refractivity contribution is 14.0. The molecule has 1 aromatic carbocycles. The Balaban J connectivity index is 0.00000341. The Bertz CT molecular complexity index is 801. The van der Waals surface area contributed by atoms with Gasteiger partial charge in [0.1, 0.15) is 11.5 Å². The molecule has 1 unspecified atom stereocenters. The molecule has 0 spiro atoms. The molecule has 8 heteroatoms. The zero-order valence-corrected chi connectivity index (χ0v) is 21.9. The van der Waals surface area contributed by atoms with Gasteiger partial charge in [-0.3, -0.25) is 4.90 Å². The van der Waals surface area contributed by atoms with Gasteiger partial charge in [0.15, 0.2) is 5.96 Å². The van der Waals surface area contributed by atoms with Crippen LogP contribution >= 0.6 is 35.3 Å². The van der Waals surface area contributed by atoms with Crippen molar-refractivity contribution in [2.24, 2.45) is 10.9 Å². The minimum Gasteiger partial charge on any atom is -0.497 e. The first-order valence-electron chi connectivity index (χ1n) is 10.7. The zero-order valence-electron chi connectivity index (χ0n) is 18.7. The lowest BCUT2D eigenvalue weighted by Gasteiger charge is -2.32. The van der Waals surface area contributed by atoms with Gasteiger partial charge >= 0.3 is 0 Å². The normalized spacial score (nSPS) is 17.0. The lowest BCUT2D eigenvalue weighted by atomic mass is 9.98. The molecule has 1 fully saturated rings. The number of nitrogens with zero attached hydrogens (tertiary/aromatic N) is 2. The number of hydrogen-bond donors (Lipinski definition) is 2. The number of methoxy groups -OCH3 is 2. The van der Waals surface area contributed by atoms with Crippen LogP contribution in [-0.4, -0.2) is 51.3 Å². The summed E-state index contributed by atoms with van der Waals surface area (Å²) in [5.41, 5.74) is 1.04. The fourth-order valence-corrected chi connectivity index (χ4v) is 4.56. The predicted octanol–water partition coefficient (Wildman–Crippen LogP) is 4.35. The van der Waals surface area contributed by atoms with Crippen LogP contribution in [0.15, 0.2) is 40.7 Å². The highest BCUT2D eigenvalue weighted by Gasteiger charge is 2.20. The SMILES string of the molecule is CCNC(=NCc1ccc(OC)cc1OC)NCC1CCCN(Cc2cccs2)C1.I. The summed E-state index contributed by atoms with van der Waals surface area (Å²) in [6.07, 6.45) is 2.52. The van der Waals surface area contributed by atoms with Crippen molar-refractivity contribution >= 4 is 41.3 Å². The average Bonchev–Trinajstić information content (AvgIpc) is 3.29. The Labute approximate surface area is 207 Å². The van der Waals surface area contributed by atoms with Crippen LogP contribution in [0, 0.1) is 5.92 Å². The molecule has 2 aromatic rings. The minimum absolute atomic E-state index is 0. The molecular weight excluding hydrogens is 523 g/mol. The van der Waals surface area contributed by atoms with Gasteiger partial charge in [0.2, 0.25) is 0 Å². The van der Waals surface area contributed by atoms with Crippen LogP contribution in [0.3, 0.4) is 0 Å². The summed E-state index contributed by atoms with van der Waals surface area (Å²) in [7, 11) is 3.34. The Morgan fingerprint density at radius 3 is 2.81 bits per heavy atom. The Kier molecular flexibility index (Phi) is 11.5. The second kappa shape index (κ2) is 13.8. The third kappa shape index (κ3) is 8.16. The number of guanidine groups is 1. The number of nitrogens with one attached hydrogen (secondary N) is 2. The maximum Gasteiger partial charge on any atom is 0.191 e. The first-order chi connectivity index (χ1) is 14.7. The van der Waals surface area contributed by atoms with E-state index >= 15 is 0 Å². The van der Waals surface area contributed by atoms with Crippen LogP contribution in [0.2, 0.25) is 0 Å². The second-order valence-corrected chi connectivity index (χ2v) is 8.61. The molecule has 172 valence electrons. The van der Waals surface area contributed by atoms with Crippen LogP contribution in [0.4, 0.5) is 0 Å². The molecule has 0 amide bonds. The summed E-state index contributed by atoms with van der Waals surface area (Å²) in [5, 5.41) is 9.07. The second-order valence-electron chi connectivity index (χ2n) is 7.58. The molecule has 31 heavy (non-hydrogen) atoms. The van der Waals surface area contributed by atoms with E-state index in [0.717, 1.165) is 49.2 Å². The number of ether oxygens (including phenoxy) is 2.